The molecule has 0 fully saturated rings. The van der Waals surface area contributed by atoms with Crippen molar-refractivity contribution in [1.82, 2.24) is 0 Å². The molecule has 2 heteroatoms. The second kappa shape index (κ2) is 6.59. The molecule has 1 atom stereocenters. The van der Waals surface area contributed by atoms with Gasteiger partial charge >= 0.3 is 0 Å². The van der Waals surface area contributed by atoms with Gasteiger partial charge in [-0.2, -0.15) is 0 Å². The smallest absolute Gasteiger partial charge is 0.0942 e. The van der Waals surface area contributed by atoms with E-state index in [1.807, 2.05) is 25.1 Å². The minimum atomic E-state index is 0.103. The lowest BCUT2D eigenvalue weighted by Gasteiger charge is -2.12. The van der Waals surface area contributed by atoms with Crippen molar-refractivity contribution in [3.63, 3.8) is 0 Å². The fourth-order valence-electron chi connectivity index (χ4n) is 1.27. The van der Waals surface area contributed by atoms with Gasteiger partial charge in [-0.1, -0.05) is 44.2 Å². The van der Waals surface area contributed by atoms with Crippen molar-refractivity contribution in [2.45, 2.75) is 33.3 Å². The maximum absolute atomic E-state index is 5.26. The second-order valence-electron chi connectivity index (χ2n) is 4.27. The molecule has 0 saturated heterocycles. The molecule has 0 radical (unpaired) electrons. The van der Waals surface area contributed by atoms with Gasteiger partial charge in [-0.15, -0.1) is 0 Å². The molecule has 1 aromatic carbocycles. The monoisotopic (exact) mass is 208 g/mol. The van der Waals surface area contributed by atoms with Crippen molar-refractivity contribution in [1.29, 1.82) is 0 Å². The largest absolute Gasteiger partial charge is 0.236 e. The van der Waals surface area contributed by atoms with Gasteiger partial charge < -0.3 is 0 Å². The van der Waals surface area contributed by atoms with E-state index in [1.54, 1.807) is 0 Å². The van der Waals surface area contributed by atoms with Crippen LogP contribution in [0.5, 0.6) is 0 Å². The minimum Gasteiger partial charge on any atom is -0.236 e. The first kappa shape index (κ1) is 12.2. The van der Waals surface area contributed by atoms with Crippen LogP contribution in [-0.2, 0) is 16.2 Å². The summed E-state index contributed by atoms with van der Waals surface area (Å²) in [5.41, 5.74) is 1.28. The average molecular weight is 208 g/mol. The molecule has 0 heterocycles. The lowest BCUT2D eigenvalue weighted by atomic mass is 10.1. The predicted octanol–water partition coefficient (Wildman–Crippen LogP) is 3.22. The Hall–Kier alpha value is -0.860. The van der Waals surface area contributed by atoms with Gasteiger partial charge in [0.05, 0.1) is 12.7 Å². The van der Waals surface area contributed by atoms with Gasteiger partial charge in [-0.3, -0.25) is 0 Å². The van der Waals surface area contributed by atoms with Gasteiger partial charge in [0, 0.05) is 6.42 Å². The van der Waals surface area contributed by atoms with Crippen LogP contribution in [0.25, 0.3) is 0 Å². The highest BCUT2D eigenvalue weighted by atomic mass is 17.2. The van der Waals surface area contributed by atoms with Crippen LogP contribution in [0.4, 0.5) is 0 Å². The Bertz CT molecular complexity index is 256. The zero-order valence-corrected chi connectivity index (χ0v) is 9.77. The van der Waals surface area contributed by atoms with Crippen molar-refractivity contribution in [2.24, 2.45) is 5.92 Å². The van der Waals surface area contributed by atoms with Crippen molar-refractivity contribution in [3.8, 4) is 0 Å². The second-order valence-corrected chi connectivity index (χ2v) is 4.27. The molecule has 0 N–H and O–H groups in total. The molecule has 0 aliphatic heterocycles. The summed E-state index contributed by atoms with van der Waals surface area (Å²) in [5, 5.41) is 0. The highest BCUT2D eigenvalue weighted by Gasteiger charge is 2.05. The molecule has 0 amide bonds. The van der Waals surface area contributed by atoms with E-state index in [2.05, 4.69) is 26.0 Å². The molecule has 0 bridgehead atoms. The van der Waals surface area contributed by atoms with Crippen LogP contribution in [0.3, 0.4) is 0 Å². The Morgan fingerprint density at radius 2 is 1.73 bits per heavy atom. The molecule has 1 aromatic rings. The Balaban J connectivity index is 2.21. The highest BCUT2D eigenvalue weighted by molar-refractivity contribution is 5.15. The predicted molar refractivity (Wildman–Crippen MR) is 61.5 cm³/mol. The fraction of sp³-hybridized carbons (Fsp3) is 0.538. The van der Waals surface area contributed by atoms with Gasteiger partial charge in [0.15, 0.2) is 0 Å². The first-order chi connectivity index (χ1) is 7.18. The first-order valence-electron chi connectivity index (χ1n) is 5.50. The third-order valence-electron chi connectivity index (χ3n) is 2.00. The number of hydrogen-bond acceptors (Lipinski definition) is 2. The van der Waals surface area contributed by atoms with Crippen LogP contribution in [0.1, 0.15) is 26.3 Å². The normalized spacial score (nSPS) is 13.1. The van der Waals surface area contributed by atoms with Crippen molar-refractivity contribution >= 4 is 0 Å². The standard InChI is InChI=1S/C13H20O2/c1-11(2)10-14-15-12(3)9-13-7-5-4-6-8-13/h4-8,11-12H,9-10H2,1-3H3. The molecule has 1 unspecified atom stereocenters. The van der Waals surface area contributed by atoms with Gasteiger partial charge in [0.25, 0.3) is 0 Å². The summed E-state index contributed by atoms with van der Waals surface area (Å²) in [6.45, 7) is 6.88. The molecule has 1 rings (SSSR count). The Kier molecular flexibility index (Phi) is 5.37. The molecule has 2 nitrogen and oxygen atoms in total. The molecule has 0 aliphatic rings. The number of benzene rings is 1. The van der Waals surface area contributed by atoms with Gasteiger partial charge in [-0.05, 0) is 18.4 Å². The van der Waals surface area contributed by atoms with E-state index >= 15 is 0 Å². The van der Waals surface area contributed by atoms with Crippen LogP contribution in [0, 0.1) is 5.92 Å². The van der Waals surface area contributed by atoms with Crippen LogP contribution < -0.4 is 0 Å². The molecule has 84 valence electrons. The average Bonchev–Trinajstić information content (AvgIpc) is 2.18. The van der Waals surface area contributed by atoms with Crippen LogP contribution in [0.2, 0.25) is 0 Å². The lowest BCUT2D eigenvalue weighted by Crippen LogP contribution is -2.14. The van der Waals surface area contributed by atoms with E-state index in [-0.39, 0.29) is 6.10 Å². The Morgan fingerprint density at radius 3 is 2.33 bits per heavy atom. The van der Waals surface area contributed by atoms with Gasteiger partial charge in [-0.25, -0.2) is 9.78 Å². The van der Waals surface area contributed by atoms with Crippen LogP contribution in [-0.4, -0.2) is 12.7 Å². The first-order valence-corrected chi connectivity index (χ1v) is 5.50. The lowest BCUT2D eigenvalue weighted by molar-refractivity contribution is -0.324. The summed E-state index contributed by atoms with van der Waals surface area (Å²) >= 11 is 0. The third kappa shape index (κ3) is 5.55. The summed E-state index contributed by atoms with van der Waals surface area (Å²) in [4.78, 5) is 10.4. The maximum Gasteiger partial charge on any atom is 0.0942 e. The molecular formula is C13H20O2. The van der Waals surface area contributed by atoms with E-state index in [9.17, 15) is 0 Å². The SMILES string of the molecule is CC(C)COOC(C)Cc1ccccc1. The van der Waals surface area contributed by atoms with Crippen LogP contribution >= 0.6 is 0 Å². The Labute approximate surface area is 92.1 Å². The maximum atomic E-state index is 5.26. The summed E-state index contributed by atoms with van der Waals surface area (Å²) in [7, 11) is 0. The molecular weight excluding hydrogens is 188 g/mol. The van der Waals surface area contributed by atoms with E-state index in [1.165, 1.54) is 5.56 Å². The van der Waals surface area contributed by atoms with Crippen molar-refractivity contribution in [3.05, 3.63) is 35.9 Å². The van der Waals surface area contributed by atoms with E-state index < -0.39 is 0 Å². The zero-order chi connectivity index (χ0) is 11.1. The summed E-state index contributed by atoms with van der Waals surface area (Å²) in [6, 6.07) is 10.3. The Morgan fingerprint density at radius 1 is 1.07 bits per heavy atom. The number of hydrogen-bond donors (Lipinski definition) is 0. The molecule has 15 heavy (non-hydrogen) atoms. The van der Waals surface area contributed by atoms with Crippen molar-refractivity contribution in [2.75, 3.05) is 6.61 Å². The molecule has 0 spiro atoms. The third-order valence-corrected chi connectivity index (χ3v) is 2.00. The van der Waals surface area contributed by atoms with Gasteiger partial charge in [0.2, 0.25) is 0 Å². The van der Waals surface area contributed by atoms with Crippen LogP contribution in [0.15, 0.2) is 30.3 Å². The number of rotatable bonds is 6. The van der Waals surface area contributed by atoms with E-state index in [0.29, 0.717) is 12.5 Å². The molecule has 0 saturated carbocycles. The van der Waals surface area contributed by atoms with Crippen molar-refractivity contribution < 1.29 is 9.78 Å². The summed E-state index contributed by atoms with van der Waals surface area (Å²) < 4.78 is 0. The molecule has 0 aromatic heterocycles. The van der Waals surface area contributed by atoms with E-state index in [4.69, 9.17) is 9.78 Å². The zero-order valence-electron chi connectivity index (χ0n) is 9.77. The van der Waals surface area contributed by atoms with E-state index in [0.717, 1.165) is 6.42 Å². The summed E-state index contributed by atoms with van der Waals surface area (Å²) in [6.07, 6.45) is 0.991. The topological polar surface area (TPSA) is 18.5 Å². The quantitative estimate of drug-likeness (QED) is 0.528. The summed E-state index contributed by atoms with van der Waals surface area (Å²) in [5.74, 6) is 0.508. The molecule has 0 aliphatic carbocycles. The highest BCUT2D eigenvalue weighted by Crippen LogP contribution is 2.06. The minimum absolute atomic E-state index is 0.103. The fourth-order valence-corrected chi connectivity index (χ4v) is 1.27. The van der Waals surface area contributed by atoms with Gasteiger partial charge in [0.1, 0.15) is 0 Å².